The van der Waals surface area contributed by atoms with Gasteiger partial charge in [-0.15, -0.1) is 0 Å². The second kappa shape index (κ2) is 29.3. The average molecular weight is 1040 g/mol. The molecule has 2 aliphatic rings. The van der Waals surface area contributed by atoms with E-state index in [2.05, 4.69) is 0 Å². The smallest absolute Gasteiger partial charge is 0.303 e. The predicted molar refractivity (Wildman–Crippen MR) is 291 cm³/mol. The van der Waals surface area contributed by atoms with E-state index in [0.29, 0.717) is 19.0 Å². The number of rotatable bonds is 30. The van der Waals surface area contributed by atoms with Gasteiger partial charge in [-0.1, -0.05) is 194 Å². The van der Waals surface area contributed by atoms with Crippen LogP contribution in [0.2, 0.25) is 0 Å². The lowest BCUT2D eigenvalue weighted by atomic mass is 9.88. The first kappa shape index (κ1) is 55.2. The summed E-state index contributed by atoms with van der Waals surface area (Å²) in [6.07, 6.45) is -7.38. The summed E-state index contributed by atoms with van der Waals surface area (Å²) in [6.45, 7) is 3.70. The average Bonchev–Trinajstić information content (AvgIpc) is 4.34. The molecule has 0 N–H and O–H groups in total. The Labute approximate surface area is 453 Å². The molecule has 0 spiro atoms. The number of hydrogen-bond acceptors (Lipinski definition) is 12. The second-order valence-corrected chi connectivity index (χ2v) is 19.4. The fraction of sp³-hybridized carbons (Fsp3) is 0.338. The van der Waals surface area contributed by atoms with Crippen molar-refractivity contribution in [3.05, 3.63) is 245 Å². The standard InChI is InChI=1S/C65H70O12/c1-47(66)76-63(65(75-44-53-31-19-8-20-32-53)61(58-46-70-58)72-41-50-25-13-5-14-26-50)56(69-39-54-33-35-55(67-2)36-34-54)37-57-60(71-40-49-23-11-4-12-24-49)64(74-43-52-29-17-7-18-30-52)62(73-42-51-27-15-6-16-28-51)59(77-57)45-68-38-48-21-9-3-10-22-48/h3-36,56-65H,37-46H2,1-2H3/t56-,57-,58+,59-,60+,61-,62-,63-,64-,65+/m1/s1. The Balaban J connectivity index is 1.13. The van der Waals surface area contributed by atoms with E-state index in [0.717, 1.165) is 38.9 Å². The maximum atomic E-state index is 13.7. The highest BCUT2D eigenvalue weighted by Crippen LogP contribution is 2.37. The minimum atomic E-state index is -1.07. The Morgan fingerprint density at radius 3 is 1.32 bits per heavy atom. The van der Waals surface area contributed by atoms with Crippen LogP contribution in [0.15, 0.2) is 206 Å². The summed E-state index contributed by atoms with van der Waals surface area (Å²) in [6, 6.07) is 67.7. The zero-order valence-electron chi connectivity index (χ0n) is 43.9. The van der Waals surface area contributed by atoms with E-state index in [4.69, 9.17) is 52.1 Å². The van der Waals surface area contributed by atoms with Crippen molar-refractivity contribution in [2.24, 2.45) is 0 Å². The summed E-state index contributed by atoms with van der Waals surface area (Å²) in [5, 5.41) is 0. The molecule has 0 amide bonds. The van der Waals surface area contributed by atoms with Gasteiger partial charge >= 0.3 is 5.97 Å². The molecular formula is C65H70O12. The van der Waals surface area contributed by atoms with E-state index in [9.17, 15) is 4.79 Å². The molecule has 0 radical (unpaired) electrons. The molecule has 12 heteroatoms. The van der Waals surface area contributed by atoms with Gasteiger partial charge in [-0.05, 0) is 51.1 Å². The Bertz CT molecular complexity index is 2730. The Kier molecular flexibility index (Phi) is 21.0. The largest absolute Gasteiger partial charge is 0.497 e. The van der Waals surface area contributed by atoms with E-state index in [1.54, 1.807) is 7.11 Å². The van der Waals surface area contributed by atoms with Crippen LogP contribution in [0.3, 0.4) is 0 Å². The molecule has 2 aliphatic heterocycles. The third-order valence-corrected chi connectivity index (χ3v) is 13.7. The Morgan fingerprint density at radius 2 is 0.870 bits per heavy atom. The highest BCUT2D eigenvalue weighted by atomic mass is 16.6. The van der Waals surface area contributed by atoms with Gasteiger partial charge in [0.15, 0.2) is 6.10 Å². The van der Waals surface area contributed by atoms with Gasteiger partial charge in [0.05, 0.1) is 72.7 Å². The molecule has 0 bridgehead atoms. The molecule has 7 aromatic rings. The van der Waals surface area contributed by atoms with Crippen molar-refractivity contribution in [1.82, 2.24) is 0 Å². The van der Waals surface area contributed by atoms with Crippen LogP contribution < -0.4 is 4.74 Å². The quantitative estimate of drug-likeness (QED) is 0.0315. The zero-order chi connectivity index (χ0) is 52.9. The molecule has 2 saturated heterocycles. The molecule has 9 rings (SSSR count). The predicted octanol–water partition coefficient (Wildman–Crippen LogP) is 11.2. The van der Waals surface area contributed by atoms with Crippen molar-refractivity contribution in [2.45, 2.75) is 121 Å². The second-order valence-electron chi connectivity index (χ2n) is 19.4. The lowest BCUT2D eigenvalue weighted by Crippen LogP contribution is -2.62. The minimum absolute atomic E-state index is 0.135. The molecule has 77 heavy (non-hydrogen) atoms. The van der Waals surface area contributed by atoms with Crippen molar-refractivity contribution in [3.63, 3.8) is 0 Å². The number of ether oxygens (including phenoxy) is 11. The summed E-state index contributed by atoms with van der Waals surface area (Å²) in [5.41, 5.74) is 6.72. The van der Waals surface area contributed by atoms with E-state index < -0.39 is 60.9 Å². The van der Waals surface area contributed by atoms with Gasteiger partial charge in [0.2, 0.25) is 0 Å². The van der Waals surface area contributed by atoms with E-state index >= 15 is 0 Å². The number of methoxy groups -OCH3 is 1. The van der Waals surface area contributed by atoms with Crippen LogP contribution in [0.4, 0.5) is 0 Å². The number of benzene rings is 7. The van der Waals surface area contributed by atoms with Crippen molar-refractivity contribution in [3.8, 4) is 5.75 Å². The molecule has 0 saturated carbocycles. The molecule has 0 aliphatic carbocycles. The molecule has 2 fully saturated rings. The summed E-state index contributed by atoms with van der Waals surface area (Å²) < 4.78 is 74.5. The number of carbonyl (C=O) groups is 1. The van der Waals surface area contributed by atoms with Gasteiger partial charge in [0.25, 0.3) is 0 Å². The number of esters is 1. The summed E-state index contributed by atoms with van der Waals surface area (Å²) >= 11 is 0. The molecule has 402 valence electrons. The van der Waals surface area contributed by atoms with Crippen LogP contribution in [-0.4, -0.2) is 87.3 Å². The molecule has 12 nitrogen and oxygen atoms in total. The SMILES string of the molecule is COc1ccc(CO[C@H](C[C@H]2O[C@H](COCc3ccccc3)[C@@H](OCc3ccccc3)[C@H](OCc3ccccc3)[C@H]2OCc2ccccc2)[C@@H](OC(C)=O)[C@@H](OCc2ccccc2)[C@H](OCc2ccccc2)[C@@H]2CO2)cc1. The molecule has 7 aromatic carbocycles. The van der Waals surface area contributed by atoms with Crippen LogP contribution in [0.25, 0.3) is 0 Å². The molecule has 2 heterocycles. The Hall–Kier alpha value is -6.55. The maximum Gasteiger partial charge on any atom is 0.303 e. The highest BCUT2D eigenvalue weighted by Gasteiger charge is 2.52. The minimum Gasteiger partial charge on any atom is -0.497 e. The lowest BCUT2D eigenvalue weighted by Gasteiger charge is -2.47. The van der Waals surface area contributed by atoms with Gasteiger partial charge in [-0.25, -0.2) is 0 Å². The van der Waals surface area contributed by atoms with Crippen molar-refractivity contribution < 1.29 is 56.9 Å². The van der Waals surface area contributed by atoms with Crippen molar-refractivity contribution in [1.29, 1.82) is 0 Å². The van der Waals surface area contributed by atoms with Gasteiger partial charge in [0, 0.05) is 13.3 Å². The van der Waals surface area contributed by atoms with E-state index in [1.807, 2.05) is 206 Å². The topological polar surface area (TPSA) is 122 Å². The number of hydrogen-bond donors (Lipinski definition) is 0. The van der Waals surface area contributed by atoms with E-state index in [-0.39, 0.29) is 58.8 Å². The van der Waals surface area contributed by atoms with Crippen molar-refractivity contribution >= 4 is 5.97 Å². The van der Waals surface area contributed by atoms with Crippen molar-refractivity contribution in [2.75, 3.05) is 20.3 Å². The van der Waals surface area contributed by atoms with Gasteiger partial charge in [0.1, 0.15) is 54.6 Å². The maximum absolute atomic E-state index is 13.7. The fourth-order valence-corrected chi connectivity index (χ4v) is 9.64. The monoisotopic (exact) mass is 1040 g/mol. The summed E-state index contributed by atoms with van der Waals surface area (Å²) in [4.78, 5) is 13.7. The summed E-state index contributed by atoms with van der Waals surface area (Å²) in [7, 11) is 1.63. The third-order valence-electron chi connectivity index (χ3n) is 13.7. The normalized spacial score (nSPS) is 20.6. The van der Waals surface area contributed by atoms with Crippen LogP contribution in [0.1, 0.15) is 52.3 Å². The Morgan fingerprint density at radius 1 is 0.468 bits per heavy atom. The van der Waals surface area contributed by atoms with Gasteiger partial charge < -0.3 is 52.1 Å². The molecule has 10 atom stereocenters. The zero-order valence-corrected chi connectivity index (χ0v) is 43.9. The fourth-order valence-electron chi connectivity index (χ4n) is 9.64. The molecular weight excluding hydrogens is 973 g/mol. The first-order valence-corrected chi connectivity index (χ1v) is 26.5. The lowest BCUT2D eigenvalue weighted by molar-refractivity contribution is -0.280. The number of epoxide rings is 1. The number of carbonyl (C=O) groups excluding carboxylic acids is 1. The van der Waals surface area contributed by atoms with Crippen LogP contribution >= 0.6 is 0 Å². The van der Waals surface area contributed by atoms with E-state index in [1.165, 1.54) is 6.92 Å². The summed E-state index contributed by atoms with van der Waals surface area (Å²) in [5.74, 6) is 0.187. The molecule has 0 aromatic heterocycles. The van der Waals surface area contributed by atoms with Crippen LogP contribution in [0, 0.1) is 0 Å². The first-order valence-electron chi connectivity index (χ1n) is 26.5. The highest BCUT2D eigenvalue weighted by molar-refractivity contribution is 5.66. The molecule has 0 unspecified atom stereocenters. The van der Waals surface area contributed by atoms with Gasteiger partial charge in [-0.2, -0.15) is 0 Å². The van der Waals surface area contributed by atoms with Crippen LogP contribution in [0.5, 0.6) is 5.75 Å². The first-order chi connectivity index (χ1) is 38.0. The van der Waals surface area contributed by atoms with Crippen LogP contribution in [-0.2, 0) is 98.4 Å². The van der Waals surface area contributed by atoms with Gasteiger partial charge in [-0.3, -0.25) is 4.79 Å². The third kappa shape index (κ3) is 17.0.